The van der Waals surface area contributed by atoms with Crippen LogP contribution in [0.3, 0.4) is 0 Å². The van der Waals surface area contributed by atoms with Gasteiger partial charge in [-0.1, -0.05) is 25.3 Å². The molecule has 2 aliphatic rings. The highest BCUT2D eigenvalue weighted by Gasteiger charge is 2.32. The predicted molar refractivity (Wildman–Crippen MR) is 93.9 cm³/mol. The third-order valence-corrected chi connectivity index (χ3v) is 5.84. The van der Waals surface area contributed by atoms with E-state index in [2.05, 4.69) is 51.7 Å². The number of benzene rings is 1. The summed E-state index contributed by atoms with van der Waals surface area (Å²) in [6.45, 7) is 3.38. The van der Waals surface area contributed by atoms with Crippen LogP contribution in [0.1, 0.15) is 50.5 Å². The Morgan fingerprint density at radius 1 is 1.10 bits per heavy atom. The van der Waals surface area contributed by atoms with Crippen LogP contribution in [0.4, 0.5) is 5.69 Å². The van der Waals surface area contributed by atoms with E-state index in [1.54, 1.807) is 0 Å². The Kier molecular flexibility index (Phi) is 5.23. The summed E-state index contributed by atoms with van der Waals surface area (Å²) in [6, 6.07) is 7.93. The average molecular weight is 351 g/mol. The van der Waals surface area contributed by atoms with Gasteiger partial charge in [-0.3, -0.25) is 0 Å². The lowest BCUT2D eigenvalue weighted by Gasteiger charge is -2.40. The van der Waals surface area contributed by atoms with Gasteiger partial charge in [-0.15, -0.1) is 0 Å². The Labute approximate surface area is 137 Å². The van der Waals surface area contributed by atoms with Crippen LogP contribution in [0.5, 0.6) is 0 Å². The minimum atomic E-state index is 0.618. The highest BCUT2D eigenvalue weighted by Crippen LogP contribution is 2.34. The van der Waals surface area contributed by atoms with Gasteiger partial charge in [-0.2, -0.15) is 0 Å². The Balaban J connectivity index is 1.73. The fraction of sp³-hybridized carbons (Fsp3) is 0.667. The van der Waals surface area contributed by atoms with Crippen molar-refractivity contribution in [3.05, 3.63) is 28.2 Å². The summed E-state index contributed by atoms with van der Waals surface area (Å²) in [5, 5.41) is 7.63. The van der Waals surface area contributed by atoms with Gasteiger partial charge >= 0.3 is 0 Å². The molecule has 3 heteroatoms. The fourth-order valence-corrected chi connectivity index (χ4v) is 4.38. The molecule has 2 N–H and O–H groups in total. The molecule has 2 nitrogen and oxygen atoms in total. The van der Waals surface area contributed by atoms with Crippen molar-refractivity contribution in [2.75, 3.05) is 11.9 Å². The molecule has 1 saturated carbocycles. The molecular weight excluding hydrogens is 324 g/mol. The summed E-state index contributed by atoms with van der Waals surface area (Å²) >= 11 is 3.70. The molecule has 0 radical (unpaired) electrons. The van der Waals surface area contributed by atoms with Gasteiger partial charge in [0.25, 0.3) is 0 Å². The number of aryl methyl sites for hydroxylation is 1. The summed E-state index contributed by atoms with van der Waals surface area (Å²) in [5.41, 5.74) is 2.59. The summed E-state index contributed by atoms with van der Waals surface area (Å²) < 4.78 is 1.19. The maximum atomic E-state index is 3.85. The molecular formula is C18H27BrN2. The van der Waals surface area contributed by atoms with E-state index in [9.17, 15) is 0 Å². The lowest BCUT2D eigenvalue weighted by Crippen LogP contribution is -2.48. The second-order valence-electron chi connectivity index (χ2n) is 6.74. The summed E-state index contributed by atoms with van der Waals surface area (Å²) in [6.07, 6.45) is 9.56. The van der Waals surface area contributed by atoms with Gasteiger partial charge in [-0.05, 0) is 78.7 Å². The molecule has 21 heavy (non-hydrogen) atoms. The molecule has 3 atom stereocenters. The highest BCUT2D eigenvalue weighted by atomic mass is 79.9. The molecule has 0 aromatic heterocycles. The zero-order chi connectivity index (χ0) is 14.7. The van der Waals surface area contributed by atoms with Crippen LogP contribution in [0.25, 0.3) is 0 Å². The van der Waals surface area contributed by atoms with Crippen LogP contribution in [-0.4, -0.2) is 18.6 Å². The van der Waals surface area contributed by atoms with Crippen LogP contribution in [0.2, 0.25) is 0 Å². The maximum absolute atomic E-state index is 3.85. The lowest BCUT2D eigenvalue weighted by molar-refractivity contribution is 0.217. The number of halogens is 1. The molecule has 1 aliphatic heterocycles. The number of piperidine rings is 1. The molecule has 3 rings (SSSR count). The van der Waals surface area contributed by atoms with Crippen molar-refractivity contribution in [1.82, 2.24) is 5.32 Å². The van der Waals surface area contributed by atoms with Crippen molar-refractivity contribution >= 4 is 21.6 Å². The molecule has 1 saturated heterocycles. The van der Waals surface area contributed by atoms with Gasteiger partial charge in [0.2, 0.25) is 0 Å². The van der Waals surface area contributed by atoms with Crippen molar-refractivity contribution in [3.8, 4) is 0 Å². The maximum Gasteiger partial charge on any atom is 0.0489 e. The van der Waals surface area contributed by atoms with Gasteiger partial charge in [0.05, 0.1) is 0 Å². The zero-order valence-electron chi connectivity index (χ0n) is 13.0. The molecule has 1 aliphatic carbocycles. The number of rotatable bonds is 3. The molecule has 0 spiro atoms. The van der Waals surface area contributed by atoms with E-state index in [4.69, 9.17) is 0 Å². The second kappa shape index (κ2) is 7.15. The van der Waals surface area contributed by atoms with E-state index in [1.165, 1.54) is 67.2 Å². The van der Waals surface area contributed by atoms with E-state index >= 15 is 0 Å². The lowest BCUT2D eigenvalue weighted by atomic mass is 9.77. The first-order valence-corrected chi connectivity index (χ1v) is 9.29. The number of hydrogen-bond acceptors (Lipinski definition) is 2. The summed E-state index contributed by atoms with van der Waals surface area (Å²) in [5.74, 6) is 0.784. The first-order valence-electron chi connectivity index (χ1n) is 8.50. The summed E-state index contributed by atoms with van der Waals surface area (Å²) in [7, 11) is 0. The first kappa shape index (κ1) is 15.4. The Hall–Kier alpha value is -0.540. The molecule has 1 aromatic carbocycles. The number of anilines is 1. The van der Waals surface area contributed by atoms with E-state index in [-0.39, 0.29) is 0 Å². The third-order valence-electron chi connectivity index (χ3n) is 5.15. The summed E-state index contributed by atoms with van der Waals surface area (Å²) in [4.78, 5) is 0. The van der Waals surface area contributed by atoms with Gasteiger partial charge in [-0.25, -0.2) is 0 Å². The molecule has 1 heterocycles. The standard InChI is InChI=1S/C18H27BrN2/c1-13-9-10-15(19)18(12-13)21-17-8-3-2-6-14(17)16-7-4-5-11-20-16/h9-10,12,14,16-17,20-21H,2-8,11H2,1H3. The van der Waals surface area contributed by atoms with Crippen molar-refractivity contribution in [2.24, 2.45) is 5.92 Å². The smallest absolute Gasteiger partial charge is 0.0489 e. The van der Waals surface area contributed by atoms with Crippen LogP contribution in [0, 0.1) is 12.8 Å². The second-order valence-corrected chi connectivity index (χ2v) is 7.59. The Morgan fingerprint density at radius 2 is 1.90 bits per heavy atom. The third kappa shape index (κ3) is 3.81. The fourth-order valence-electron chi connectivity index (χ4n) is 4.01. The van der Waals surface area contributed by atoms with E-state index in [0.29, 0.717) is 6.04 Å². The largest absolute Gasteiger partial charge is 0.381 e. The van der Waals surface area contributed by atoms with E-state index < -0.39 is 0 Å². The SMILES string of the molecule is Cc1ccc(Br)c(NC2CCCCC2C2CCCCN2)c1. The van der Waals surface area contributed by atoms with Crippen molar-refractivity contribution in [3.63, 3.8) is 0 Å². The molecule has 0 amide bonds. The molecule has 1 aromatic rings. The zero-order valence-corrected chi connectivity index (χ0v) is 14.6. The van der Waals surface area contributed by atoms with E-state index in [0.717, 1.165) is 12.0 Å². The first-order chi connectivity index (χ1) is 10.2. The van der Waals surface area contributed by atoms with Gasteiger partial charge < -0.3 is 10.6 Å². The van der Waals surface area contributed by atoms with Gasteiger partial charge in [0.15, 0.2) is 0 Å². The number of nitrogens with one attached hydrogen (secondary N) is 2. The van der Waals surface area contributed by atoms with Gasteiger partial charge in [0, 0.05) is 22.2 Å². The Bertz CT molecular complexity index is 468. The molecule has 2 fully saturated rings. The molecule has 116 valence electrons. The van der Waals surface area contributed by atoms with Crippen LogP contribution < -0.4 is 10.6 Å². The minimum Gasteiger partial charge on any atom is -0.381 e. The minimum absolute atomic E-state index is 0.618. The predicted octanol–water partition coefficient (Wildman–Crippen LogP) is 4.87. The van der Waals surface area contributed by atoms with E-state index in [1.807, 2.05) is 0 Å². The van der Waals surface area contributed by atoms with Crippen molar-refractivity contribution in [1.29, 1.82) is 0 Å². The average Bonchev–Trinajstić information content (AvgIpc) is 2.52. The topological polar surface area (TPSA) is 24.1 Å². The monoisotopic (exact) mass is 350 g/mol. The molecule has 0 bridgehead atoms. The van der Waals surface area contributed by atoms with Crippen LogP contribution in [0.15, 0.2) is 22.7 Å². The van der Waals surface area contributed by atoms with Crippen LogP contribution >= 0.6 is 15.9 Å². The van der Waals surface area contributed by atoms with Crippen molar-refractivity contribution in [2.45, 2.75) is 64.0 Å². The molecule has 3 unspecified atom stereocenters. The number of hydrogen-bond donors (Lipinski definition) is 2. The Morgan fingerprint density at radius 3 is 2.71 bits per heavy atom. The van der Waals surface area contributed by atoms with Crippen LogP contribution in [-0.2, 0) is 0 Å². The normalized spacial score (nSPS) is 30.1. The van der Waals surface area contributed by atoms with Gasteiger partial charge in [0.1, 0.15) is 0 Å². The van der Waals surface area contributed by atoms with Crippen molar-refractivity contribution < 1.29 is 0 Å². The highest BCUT2D eigenvalue weighted by molar-refractivity contribution is 9.10. The quantitative estimate of drug-likeness (QED) is 0.812.